The molecule has 1 atom stereocenters. The highest BCUT2D eigenvalue weighted by molar-refractivity contribution is 9.10. The smallest absolute Gasteiger partial charge is 0.0795 e. The standard InChI is InChI=1S/C15H13BrN2S/c1-10(15-8-17-9-19-15)18-14-7-6-13(16)11-4-2-3-5-12(11)14/h2-10,18H,1H3. The molecule has 3 rings (SSSR count). The molecule has 19 heavy (non-hydrogen) atoms. The first-order chi connectivity index (χ1) is 9.25. The minimum Gasteiger partial charge on any atom is -0.377 e. The van der Waals surface area contributed by atoms with Gasteiger partial charge in [-0.15, -0.1) is 11.3 Å². The van der Waals surface area contributed by atoms with Crippen molar-refractivity contribution in [2.75, 3.05) is 5.32 Å². The van der Waals surface area contributed by atoms with E-state index in [1.807, 2.05) is 11.7 Å². The molecular weight excluding hydrogens is 320 g/mol. The van der Waals surface area contributed by atoms with Gasteiger partial charge >= 0.3 is 0 Å². The monoisotopic (exact) mass is 332 g/mol. The molecule has 0 aliphatic heterocycles. The molecule has 3 aromatic rings. The second-order valence-electron chi connectivity index (χ2n) is 4.41. The minimum absolute atomic E-state index is 0.261. The van der Waals surface area contributed by atoms with Crippen molar-refractivity contribution in [1.82, 2.24) is 4.98 Å². The second-order valence-corrected chi connectivity index (χ2v) is 6.18. The molecule has 1 N–H and O–H groups in total. The summed E-state index contributed by atoms with van der Waals surface area (Å²) in [5.74, 6) is 0. The Labute approximate surface area is 124 Å². The van der Waals surface area contributed by atoms with E-state index in [1.54, 1.807) is 11.3 Å². The summed E-state index contributed by atoms with van der Waals surface area (Å²) in [4.78, 5) is 5.37. The van der Waals surface area contributed by atoms with Crippen LogP contribution in [0.15, 0.2) is 52.6 Å². The average Bonchev–Trinajstić information content (AvgIpc) is 2.96. The highest BCUT2D eigenvalue weighted by Gasteiger charge is 2.09. The Morgan fingerprint density at radius 2 is 1.95 bits per heavy atom. The van der Waals surface area contributed by atoms with E-state index in [-0.39, 0.29) is 6.04 Å². The first-order valence-corrected chi connectivity index (χ1v) is 7.75. The molecule has 0 spiro atoms. The predicted octanol–water partition coefficient (Wildman–Crippen LogP) is 5.23. The van der Waals surface area contributed by atoms with Gasteiger partial charge < -0.3 is 5.32 Å². The average molecular weight is 333 g/mol. The van der Waals surface area contributed by atoms with Gasteiger partial charge in [0.15, 0.2) is 0 Å². The lowest BCUT2D eigenvalue weighted by Crippen LogP contribution is -2.05. The number of benzene rings is 2. The number of anilines is 1. The molecule has 0 bridgehead atoms. The maximum Gasteiger partial charge on any atom is 0.0795 e. The van der Waals surface area contributed by atoms with Crippen LogP contribution in [0.3, 0.4) is 0 Å². The SMILES string of the molecule is CC(Nc1ccc(Br)c2ccccc12)c1cncs1. The first kappa shape index (κ1) is 12.6. The number of thiazole rings is 1. The maximum absolute atomic E-state index is 4.13. The molecule has 0 amide bonds. The summed E-state index contributed by atoms with van der Waals surface area (Å²) in [6, 6.07) is 12.9. The van der Waals surface area contributed by atoms with Crippen molar-refractivity contribution in [3.63, 3.8) is 0 Å². The number of halogens is 1. The zero-order valence-electron chi connectivity index (χ0n) is 10.4. The summed E-state index contributed by atoms with van der Waals surface area (Å²) < 4.78 is 1.12. The fraction of sp³-hybridized carbons (Fsp3) is 0.133. The summed E-state index contributed by atoms with van der Waals surface area (Å²) in [7, 11) is 0. The highest BCUT2D eigenvalue weighted by Crippen LogP contribution is 2.32. The van der Waals surface area contributed by atoms with Gasteiger partial charge in [0.1, 0.15) is 0 Å². The van der Waals surface area contributed by atoms with E-state index in [1.165, 1.54) is 15.6 Å². The van der Waals surface area contributed by atoms with E-state index in [2.05, 4.69) is 69.6 Å². The van der Waals surface area contributed by atoms with E-state index in [4.69, 9.17) is 0 Å². The summed E-state index contributed by atoms with van der Waals surface area (Å²) in [5, 5.41) is 6.02. The van der Waals surface area contributed by atoms with Gasteiger partial charge in [0.2, 0.25) is 0 Å². The van der Waals surface area contributed by atoms with Crippen molar-refractivity contribution in [2.45, 2.75) is 13.0 Å². The van der Waals surface area contributed by atoms with Crippen LogP contribution in [0, 0.1) is 0 Å². The highest BCUT2D eigenvalue weighted by atomic mass is 79.9. The number of rotatable bonds is 3. The Morgan fingerprint density at radius 3 is 2.68 bits per heavy atom. The Morgan fingerprint density at radius 1 is 1.16 bits per heavy atom. The van der Waals surface area contributed by atoms with Crippen molar-refractivity contribution >= 4 is 43.7 Å². The lowest BCUT2D eigenvalue weighted by Gasteiger charge is -2.16. The Kier molecular flexibility index (Phi) is 3.53. The summed E-state index contributed by atoms with van der Waals surface area (Å²) in [6.45, 7) is 2.16. The lowest BCUT2D eigenvalue weighted by molar-refractivity contribution is 0.906. The van der Waals surface area contributed by atoms with E-state index in [0.717, 1.165) is 10.2 Å². The third kappa shape index (κ3) is 2.51. The first-order valence-electron chi connectivity index (χ1n) is 6.08. The quantitative estimate of drug-likeness (QED) is 0.710. The normalized spacial score (nSPS) is 12.5. The summed E-state index contributed by atoms with van der Waals surface area (Å²) in [5.41, 5.74) is 3.02. The summed E-state index contributed by atoms with van der Waals surface area (Å²) in [6.07, 6.45) is 1.92. The van der Waals surface area contributed by atoms with Crippen LogP contribution in [0.2, 0.25) is 0 Å². The van der Waals surface area contributed by atoms with E-state index in [9.17, 15) is 0 Å². The van der Waals surface area contributed by atoms with Gasteiger partial charge in [-0.2, -0.15) is 0 Å². The molecule has 0 saturated carbocycles. The summed E-state index contributed by atoms with van der Waals surface area (Å²) >= 11 is 5.28. The molecule has 0 radical (unpaired) electrons. The van der Waals surface area contributed by atoms with E-state index in [0.29, 0.717) is 0 Å². The van der Waals surface area contributed by atoms with Gasteiger partial charge in [0.25, 0.3) is 0 Å². The molecule has 4 heteroatoms. The third-order valence-corrected chi connectivity index (χ3v) is 4.77. The van der Waals surface area contributed by atoms with E-state index >= 15 is 0 Å². The molecule has 0 aliphatic rings. The Hall–Kier alpha value is -1.39. The topological polar surface area (TPSA) is 24.9 Å². The molecule has 2 nitrogen and oxygen atoms in total. The lowest BCUT2D eigenvalue weighted by atomic mass is 10.1. The molecule has 0 saturated heterocycles. The number of aromatic nitrogens is 1. The molecule has 2 aromatic carbocycles. The van der Waals surface area contributed by atoms with Crippen LogP contribution in [-0.2, 0) is 0 Å². The molecule has 1 heterocycles. The number of hydrogen-bond acceptors (Lipinski definition) is 3. The molecule has 0 fully saturated rings. The molecule has 96 valence electrons. The number of hydrogen-bond donors (Lipinski definition) is 1. The van der Waals surface area contributed by atoms with Crippen LogP contribution in [-0.4, -0.2) is 4.98 Å². The van der Waals surface area contributed by atoms with Crippen molar-refractivity contribution in [3.05, 3.63) is 57.5 Å². The van der Waals surface area contributed by atoms with Crippen molar-refractivity contribution in [3.8, 4) is 0 Å². The molecule has 0 aliphatic carbocycles. The van der Waals surface area contributed by atoms with Crippen LogP contribution in [0.1, 0.15) is 17.8 Å². The van der Waals surface area contributed by atoms with Crippen LogP contribution in [0.4, 0.5) is 5.69 Å². The maximum atomic E-state index is 4.13. The Bertz CT molecular complexity index is 694. The zero-order chi connectivity index (χ0) is 13.2. The van der Waals surface area contributed by atoms with Gasteiger partial charge in [0.05, 0.1) is 11.6 Å². The van der Waals surface area contributed by atoms with Crippen LogP contribution in [0.5, 0.6) is 0 Å². The molecular formula is C15H13BrN2S. The van der Waals surface area contributed by atoms with Crippen LogP contribution >= 0.6 is 27.3 Å². The van der Waals surface area contributed by atoms with Gasteiger partial charge in [-0.25, -0.2) is 0 Å². The van der Waals surface area contributed by atoms with Crippen LogP contribution < -0.4 is 5.32 Å². The molecule has 1 aromatic heterocycles. The van der Waals surface area contributed by atoms with Gasteiger partial charge in [-0.05, 0) is 24.4 Å². The van der Waals surface area contributed by atoms with Crippen molar-refractivity contribution in [2.24, 2.45) is 0 Å². The third-order valence-electron chi connectivity index (χ3n) is 3.12. The Balaban J connectivity index is 2.00. The van der Waals surface area contributed by atoms with Crippen LogP contribution in [0.25, 0.3) is 10.8 Å². The van der Waals surface area contributed by atoms with E-state index < -0.39 is 0 Å². The number of nitrogens with zero attached hydrogens (tertiary/aromatic N) is 1. The van der Waals surface area contributed by atoms with Gasteiger partial charge in [0, 0.05) is 26.6 Å². The van der Waals surface area contributed by atoms with Gasteiger partial charge in [-0.1, -0.05) is 40.2 Å². The predicted molar refractivity (Wildman–Crippen MR) is 85.8 cm³/mol. The number of fused-ring (bicyclic) bond motifs is 1. The zero-order valence-corrected chi connectivity index (χ0v) is 12.8. The van der Waals surface area contributed by atoms with Crippen molar-refractivity contribution < 1.29 is 0 Å². The van der Waals surface area contributed by atoms with Gasteiger partial charge in [-0.3, -0.25) is 4.98 Å². The fourth-order valence-corrected chi connectivity index (χ4v) is 3.24. The minimum atomic E-state index is 0.261. The van der Waals surface area contributed by atoms with Crippen molar-refractivity contribution in [1.29, 1.82) is 0 Å². The molecule has 1 unspecified atom stereocenters. The fourth-order valence-electron chi connectivity index (χ4n) is 2.13. The number of nitrogens with one attached hydrogen (secondary N) is 1. The second kappa shape index (κ2) is 5.31. The largest absolute Gasteiger partial charge is 0.377 e.